The van der Waals surface area contributed by atoms with E-state index in [1.165, 1.54) is 7.11 Å². The molecule has 44 heavy (non-hydrogen) atoms. The summed E-state index contributed by atoms with van der Waals surface area (Å²) in [7, 11) is 1.28. The number of alkyl carbamates (subject to hydrolysis) is 1. The van der Waals surface area contributed by atoms with E-state index in [0.717, 1.165) is 22.3 Å². The zero-order valence-corrected chi connectivity index (χ0v) is 25.6. The maximum Gasteiger partial charge on any atom is 0.408 e. The number of carbonyl (C=O) groups excluding carboxylic acids is 2. The van der Waals surface area contributed by atoms with Crippen molar-refractivity contribution in [3.8, 4) is 17.2 Å². The third-order valence-corrected chi connectivity index (χ3v) is 6.38. The molecular formula is C36H39NO7. The summed E-state index contributed by atoms with van der Waals surface area (Å²) < 4.78 is 28.5. The Balaban J connectivity index is 1.40. The number of nitrogens with one attached hydrogen (secondary N) is 1. The van der Waals surface area contributed by atoms with Crippen molar-refractivity contribution in [2.75, 3.05) is 7.11 Å². The van der Waals surface area contributed by atoms with Crippen LogP contribution in [0.2, 0.25) is 0 Å². The normalized spacial score (nSPS) is 11.6. The number of hydrogen-bond acceptors (Lipinski definition) is 7. The number of hydrogen-bond donors (Lipinski definition) is 1. The average molecular weight is 598 g/mol. The van der Waals surface area contributed by atoms with Gasteiger partial charge in [-0.1, -0.05) is 72.8 Å². The van der Waals surface area contributed by atoms with Gasteiger partial charge in [0.05, 0.1) is 7.11 Å². The lowest BCUT2D eigenvalue weighted by molar-refractivity contribution is -0.143. The number of rotatable bonds is 13. The quantitative estimate of drug-likeness (QED) is 0.165. The highest BCUT2D eigenvalue weighted by molar-refractivity contribution is 5.81. The molecule has 4 aromatic carbocycles. The van der Waals surface area contributed by atoms with Crippen LogP contribution in [0.1, 0.15) is 43.0 Å². The SMILES string of the molecule is COC(=O)[C@H](Cc1ccc(OCc2cc(OCc3ccccc3)cc(OCc3ccccc3)c2)cc1)NC(=O)OC(C)(C)C. The fourth-order valence-electron chi connectivity index (χ4n) is 4.27. The molecule has 0 aliphatic carbocycles. The van der Waals surface area contributed by atoms with E-state index < -0.39 is 23.7 Å². The number of methoxy groups -OCH3 is 1. The predicted octanol–water partition coefficient (Wildman–Crippen LogP) is 7.03. The second-order valence-corrected chi connectivity index (χ2v) is 11.2. The first-order valence-corrected chi connectivity index (χ1v) is 14.4. The van der Waals surface area contributed by atoms with E-state index >= 15 is 0 Å². The molecule has 0 aliphatic heterocycles. The molecule has 4 rings (SSSR count). The van der Waals surface area contributed by atoms with Crippen LogP contribution >= 0.6 is 0 Å². The highest BCUT2D eigenvalue weighted by atomic mass is 16.6. The van der Waals surface area contributed by atoms with Crippen LogP contribution in [-0.2, 0) is 40.5 Å². The van der Waals surface area contributed by atoms with E-state index in [-0.39, 0.29) is 13.0 Å². The van der Waals surface area contributed by atoms with Crippen molar-refractivity contribution < 1.29 is 33.3 Å². The van der Waals surface area contributed by atoms with Gasteiger partial charge in [0.25, 0.3) is 0 Å². The minimum Gasteiger partial charge on any atom is -0.489 e. The highest BCUT2D eigenvalue weighted by Crippen LogP contribution is 2.26. The zero-order chi connectivity index (χ0) is 31.4. The van der Waals surface area contributed by atoms with E-state index in [9.17, 15) is 9.59 Å². The van der Waals surface area contributed by atoms with Gasteiger partial charge < -0.3 is 29.0 Å². The van der Waals surface area contributed by atoms with Crippen LogP contribution in [-0.4, -0.2) is 30.8 Å². The Morgan fingerprint density at radius 3 is 1.64 bits per heavy atom. The lowest BCUT2D eigenvalue weighted by Crippen LogP contribution is -2.45. The van der Waals surface area contributed by atoms with Gasteiger partial charge in [-0.2, -0.15) is 0 Å². The van der Waals surface area contributed by atoms with Crippen molar-refractivity contribution in [3.05, 3.63) is 125 Å². The minimum absolute atomic E-state index is 0.231. The second kappa shape index (κ2) is 15.5. The predicted molar refractivity (Wildman–Crippen MR) is 168 cm³/mol. The fourth-order valence-corrected chi connectivity index (χ4v) is 4.27. The van der Waals surface area contributed by atoms with E-state index in [1.54, 1.807) is 20.8 Å². The van der Waals surface area contributed by atoms with Crippen LogP contribution in [0, 0.1) is 0 Å². The number of amides is 1. The van der Waals surface area contributed by atoms with Crippen molar-refractivity contribution in [1.29, 1.82) is 0 Å². The summed E-state index contributed by atoms with van der Waals surface area (Å²) in [5, 5.41) is 2.60. The number of benzene rings is 4. The van der Waals surface area contributed by atoms with E-state index in [0.29, 0.717) is 30.5 Å². The first kappa shape index (κ1) is 31.9. The molecule has 1 amide bonds. The Labute approximate surface area is 258 Å². The van der Waals surface area contributed by atoms with Gasteiger partial charge in [-0.3, -0.25) is 0 Å². The second-order valence-electron chi connectivity index (χ2n) is 11.2. The van der Waals surface area contributed by atoms with Crippen molar-refractivity contribution >= 4 is 12.1 Å². The van der Waals surface area contributed by atoms with E-state index in [1.807, 2.05) is 103 Å². The van der Waals surface area contributed by atoms with Crippen LogP contribution in [0.5, 0.6) is 17.2 Å². The molecule has 0 bridgehead atoms. The molecule has 0 fully saturated rings. The smallest absolute Gasteiger partial charge is 0.408 e. The first-order chi connectivity index (χ1) is 21.2. The summed E-state index contributed by atoms with van der Waals surface area (Å²) in [6, 6.07) is 32.1. The van der Waals surface area contributed by atoms with Gasteiger partial charge in [-0.05, 0) is 67.3 Å². The van der Waals surface area contributed by atoms with Crippen LogP contribution in [0.15, 0.2) is 103 Å². The molecule has 0 heterocycles. The lowest BCUT2D eigenvalue weighted by atomic mass is 10.1. The van der Waals surface area contributed by atoms with Crippen LogP contribution in [0.25, 0.3) is 0 Å². The summed E-state index contributed by atoms with van der Waals surface area (Å²) in [5.74, 6) is 1.45. The van der Waals surface area contributed by atoms with Crippen LogP contribution < -0.4 is 19.5 Å². The topological polar surface area (TPSA) is 92.3 Å². The maximum atomic E-state index is 12.3. The summed E-state index contributed by atoms with van der Waals surface area (Å²) in [4.78, 5) is 24.6. The standard InChI is InChI=1S/C36H39NO7/c1-36(2,3)44-35(39)37-33(34(38)40-4)21-26-15-17-30(18-16-26)41-25-29-19-31(42-23-27-11-7-5-8-12-27)22-32(20-29)43-24-28-13-9-6-10-14-28/h5-20,22,33H,21,23-25H2,1-4H3,(H,37,39)/t33-/m0/s1. The molecule has 8 nitrogen and oxygen atoms in total. The fraction of sp³-hybridized carbons (Fsp3) is 0.278. The first-order valence-electron chi connectivity index (χ1n) is 14.4. The summed E-state index contributed by atoms with van der Waals surface area (Å²) in [5.41, 5.74) is 3.15. The molecule has 0 unspecified atom stereocenters. The van der Waals surface area contributed by atoms with Gasteiger partial charge in [0.1, 0.15) is 48.7 Å². The van der Waals surface area contributed by atoms with Gasteiger partial charge >= 0.3 is 12.1 Å². The molecule has 0 radical (unpaired) electrons. The van der Waals surface area contributed by atoms with Gasteiger partial charge in [0, 0.05) is 12.5 Å². The zero-order valence-electron chi connectivity index (χ0n) is 25.6. The number of esters is 1. The Hall–Kier alpha value is -4.98. The summed E-state index contributed by atoms with van der Waals surface area (Å²) >= 11 is 0. The molecular weight excluding hydrogens is 558 g/mol. The van der Waals surface area contributed by atoms with E-state index in [4.69, 9.17) is 23.7 Å². The lowest BCUT2D eigenvalue weighted by Gasteiger charge is -2.22. The molecule has 0 saturated carbocycles. The van der Waals surface area contributed by atoms with Crippen LogP contribution in [0.4, 0.5) is 4.79 Å². The third kappa shape index (κ3) is 10.7. The molecule has 8 heteroatoms. The molecule has 4 aromatic rings. The third-order valence-electron chi connectivity index (χ3n) is 6.38. The van der Waals surface area contributed by atoms with Gasteiger partial charge in [-0.25, -0.2) is 9.59 Å². The monoisotopic (exact) mass is 597 g/mol. The van der Waals surface area contributed by atoms with Gasteiger partial charge in [0.2, 0.25) is 0 Å². The molecule has 0 aliphatic rings. The number of ether oxygens (including phenoxy) is 5. The Morgan fingerprint density at radius 2 is 1.14 bits per heavy atom. The summed E-state index contributed by atoms with van der Waals surface area (Å²) in [6.07, 6.45) is -0.454. The van der Waals surface area contributed by atoms with Crippen molar-refractivity contribution in [3.63, 3.8) is 0 Å². The maximum absolute atomic E-state index is 12.3. The van der Waals surface area contributed by atoms with Gasteiger partial charge in [-0.15, -0.1) is 0 Å². The molecule has 0 spiro atoms. The Morgan fingerprint density at radius 1 is 0.636 bits per heavy atom. The van der Waals surface area contributed by atoms with Crippen LogP contribution in [0.3, 0.4) is 0 Å². The van der Waals surface area contributed by atoms with Crippen molar-refractivity contribution in [2.45, 2.75) is 58.7 Å². The largest absolute Gasteiger partial charge is 0.489 e. The number of carbonyl (C=O) groups is 2. The average Bonchev–Trinajstić information content (AvgIpc) is 3.02. The summed E-state index contributed by atoms with van der Waals surface area (Å²) in [6.45, 7) is 6.41. The van der Waals surface area contributed by atoms with Gasteiger partial charge in [0.15, 0.2) is 0 Å². The van der Waals surface area contributed by atoms with Crippen molar-refractivity contribution in [1.82, 2.24) is 5.32 Å². The Kier molecular flexibility index (Phi) is 11.2. The molecule has 1 atom stereocenters. The molecule has 0 saturated heterocycles. The highest BCUT2D eigenvalue weighted by Gasteiger charge is 2.25. The minimum atomic E-state index is -0.894. The van der Waals surface area contributed by atoms with E-state index in [2.05, 4.69) is 5.32 Å². The van der Waals surface area contributed by atoms with Crippen molar-refractivity contribution in [2.24, 2.45) is 0 Å². The molecule has 1 N–H and O–H groups in total. The molecule has 0 aromatic heterocycles. The molecule has 230 valence electrons. The Bertz CT molecular complexity index is 1420.